The maximum absolute atomic E-state index is 11.1. The van der Waals surface area contributed by atoms with E-state index >= 15 is 0 Å². The van der Waals surface area contributed by atoms with E-state index in [2.05, 4.69) is 0 Å². The van der Waals surface area contributed by atoms with Crippen molar-refractivity contribution in [2.45, 2.75) is 20.0 Å². The molecule has 0 aromatic carbocycles. The second kappa shape index (κ2) is 4.54. The third-order valence-corrected chi connectivity index (χ3v) is 1.41. The fraction of sp³-hybridized carbons (Fsp3) is 0.444. The van der Waals surface area contributed by atoms with E-state index < -0.39 is 6.10 Å². The van der Waals surface area contributed by atoms with Crippen molar-refractivity contribution in [2.24, 2.45) is 0 Å². The number of ether oxygens (including phenoxy) is 2. The van der Waals surface area contributed by atoms with Gasteiger partial charge in [0.25, 0.3) is 5.95 Å². The minimum absolute atomic E-state index is 0.320. The van der Waals surface area contributed by atoms with Gasteiger partial charge in [0.15, 0.2) is 6.10 Å². The lowest BCUT2D eigenvalue weighted by Gasteiger charge is -2.10. The quantitative estimate of drug-likeness (QED) is 0.667. The predicted molar refractivity (Wildman–Crippen MR) is 45.4 cm³/mol. The fourth-order valence-electron chi connectivity index (χ4n) is 0.812. The topological polar surface area (TPSA) is 48.7 Å². The molecule has 0 aliphatic heterocycles. The van der Waals surface area contributed by atoms with Crippen LogP contribution in [-0.2, 0) is 9.53 Å². The van der Waals surface area contributed by atoms with E-state index in [0.717, 1.165) is 0 Å². The van der Waals surface area contributed by atoms with Crippen LogP contribution in [0.3, 0.4) is 0 Å². The van der Waals surface area contributed by atoms with Gasteiger partial charge in [-0.2, -0.15) is 0 Å². The average molecular weight is 184 g/mol. The molecule has 0 radical (unpaired) electrons. The maximum atomic E-state index is 11.1. The van der Waals surface area contributed by atoms with Gasteiger partial charge in [-0.25, -0.2) is 4.79 Å². The highest BCUT2D eigenvalue weighted by atomic mass is 16.6. The van der Waals surface area contributed by atoms with Crippen LogP contribution in [0.1, 0.15) is 13.8 Å². The normalized spacial score (nSPS) is 12.2. The highest BCUT2D eigenvalue weighted by Gasteiger charge is 2.16. The van der Waals surface area contributed by atoms with E-state index in [4.69, 9.17) is 13.9 Å². The first-order valence-corrected chi connectivity index (χ1v) is 4.11. The van der Waals surface area contributed by atoms with Gasteiger partial charge >= 0.3 is 5.97 Å². The predicted octanol–water partition coefficient (Wildman–Crippen LogP) is 1.61. The zero-order valence-electron chi connectivity index (χ0n) is 7.65. The maximum Gasteiger partial charge on any atom is 0.347 e. The van der Waals surface area contributed by atoms with Gasteiger partial charge in [-0.15, -0.1) is 0 Å². The Hall–Kier alpha value is -1.45. The highest BCUT2D eigenvalue weighted by Crippen LogP contribution is 2.12. The molecule has 1 atom stereocenters. The molecule has 0 spiro atoms. The number of rotatable bonds is 4. The molecule has 1 unspecified atom stereocenters. The summed E-state index contributed by atoms with van der Waals surface area (Å²) in [6.07, 6.45) is 0.846. The van der Waals surface area contributed by atoms with Crippen molar-refractivity contribution in [2.75, 3.05) is 6.61 Å². The molecule has 1 aromatic heterocycles. The lowest BCUT2D eigenvalue weighted by atomic mass is 10.4. The number of carbonyl (C=O) groups is 1. The number of hydrogen-bond acceptors (Lipinski definition) is 4. The molecule has 1 heterocycles. The summed E-state index contributed by atoms with van der Waals surface area (Å²) in [4.78, 5) is 11.1. The third-order valence-electron chi connectivity index (χ3n) is 1.41. The molecule has 0 bridgehead atoms. The van der Waals surface area contributed by atoms with Crippen molar-refractivity contribution in [3.05, 3.63) is 18.4 Å². The van der Waals surface area contributed by atoms with Crippen molar-refractivity contribution in [3.8, 4) is 5.95 Å². The van der Waals surface area contributed by atoms with Crippen molar-refractivity contribution in [3.63, 3.8) is 0 Å². The van der Waals surface area contributed by atoms with Gasteiger partial charge in [0.1, 0.15) is 0 Å². The summed E-state index contributed by atoms with van der Waals surface area (Å²) in [5.41, 5.74) is 0. The molecule has 0 N–H and O–H groups in total. The Kier molecular flexibility index (Phi) is 3.37. The SMILES string of the molecule is CCOC(=O)C(C)Oc1ccco1. The minimum atomic E-state index is -0.633. The van der Waals surface area contributed by atoms with Crippen LogP contribution in [0, 0.1) is 0 Å². The number of hydrogen-bond donors (Lipinski definition) is 0. The molecule has 0 aliphatic rings. The molecular formula is C9H12O4. The molecule has 1 rings (SSSR count). The molecular weight excluding hydrogens is 172 g/mol. The molecule has 0 saturated heterocycles. The summed E-state index contributed by atoms with van der Waals surface area (Å²) in [6, 6.07) is 3.32. The summed E-state index contributed by atoms with van der Waals surface area (Å²) < 4.78 is 14.8. The molecule has 72 valence electrons. The minimum Gasteiger partial charge on any atom is -0.463 e. The Morgan fingerprint density at radius 3 is 3.00 bits per heavy atom. The third kappa shape index (κ3) is 2.82. The molecule has 13 heavy (non-hydrogen) atoms. The summed E-state index contributed by atoms with van der Waals surface area (Å²) in [5.74, 6) is -0.0700. The average Bonchev–Trinajstić information content (AvgIpc) is 2.57. The molecule has 1 aromatic rings. The van der Waals surface area contributed by atoms with Crippen LogP contribution in [0.25, 0.3) is 0 Å². The van der Waals surface area contributed by atoms with Gasteiger partial charge in [0.2, 0.25) is 0 Å². The zero-order valence-corrected chi connectivity index (χ0v) is 7.65. The van der Waals surface area contributed by atoms with Crippen molar-refractivity contribution in [1.82, 2.24) is 0 Å². The van der Waals surface area contributed by atoms with E-state index in [1.54, 1.807) is 26.0 Å². The number of carbonyl (C=O) groups excluding carboxylic acids is 1. The van der Waals surface area contributed by atoms with E-state index in [0.29, 0.717) is 12.6 Å². The monoisotopic (exact) mass is 184 g/mol. The van der Waals surface area contributed by atoms with Crippen molar-refractivity contribution < 1.29 is 18.7 Å². The smallest absolute Gasteiger partial charge is 0.347 e. The Morgan fingerprint density at radius 1 is 1.69 bits per heavy atom. The van der Waals surface area contributed by atoms with Crippen LogP contribution < -0.4 is 4.74 Å². The van der Waals surface area contributed by atoms with Gasteiger partial charge in [0.05, 0.1) is 12.9 Å². The van der Waals surface area contributed by atoms with E-state index in [-0.39, 0.29) is 5.97 Å². The van der Waals surface area contributed by atoms with Gasteiger partial charge in [0, 0.05) is 6.07 Å². The summed E-state index contributed by atoms with van der Waals surface area (Å²) >= 11 is 0. The fourth-order valence-corrected chi connectivity index (χ4v) is 0.812. The van der Waals surface area contributed by atoms with Crippen LogP contribution in [0.5, 0.6) is 5.95 Å². The van der Waals surface area contributed by atoms with Crippen LogP contribution in [0.4, 0.5) is 0 Å². The Balaban J connectivity index is 2.41. The Labute approximate surface area is 76.4 Å². The Bertz CT molecular complexity index is 253. The molecule has 0 aliphatic carbocycles. The number of furan rings is 1. The van der Waals surface area contributed by atoms with Gasteiger partial charge < -0.3 is 13.9 Å². The van der Waals surface area contributed by atoms with Gasteiger partial charge in [-0.1, -0.05) is 0 Å². The number of esters is 1. The van der Waals surface area contributed by atoms with Crippen LogP contribution in [0.2, 0.25) is 0 Å². The lowest BCUT2D eigenvalue weighted by molar-refractivity contribution is -0.151. The molecule has 4 nitrogen and oxygen atoms in total. The second-order valence-electron chi connectivity index (χ2n) is 2.44. The second-order valence-corrected chi connectivity index (χ2v) is 2.44. The van der Waals surface area contributed by atoms with Gasteiger partial charge in [-0.05, 0) is 19.9 Å². The van der Waals surface area contributed by atoms with Crippen LogP contribution in [-0.4, -0.2) is 18.7 Å². The first-order chi connectivity index (χ1) is 6.24. The van der Waals surface area contributed by atoms with E-state index in [1.807, 2.05) is 0 Å². The Morgan fingerprint density at radius 2 is 2.46 bits per heavy atom. The zero-order chi connectivity index (χ0) is 9.68. The molecule has 0 saturated carbocycles. The summed E-state index contributed by atoms with van der Waals surface area (Å²) in [7, 11) is 0. The van der Waals surface area contributed by atoms with Crippen molar-refractivity contribution >= 4 is 5.97 Å². The lowest BCUT2D eigenvalue weighted by Crippen LogP contribution is -2.25. The molecule has 0 amide bonds. The van der Waals surface area contributed by atoms with E-state index in [1.165, 1.54) is 6.26 Å². The first kappa shape index (κ1) is 9.64. The summed E-state index contributed by atoms with van der Waals surface area (Å²) in [6.45, 7) is 3.71. The van der Waals surface area contributed by atoms with Crippen LogP contribution >= 0.6 is 0 Å². The largest absolute Gasteiger partial charge is 0.463 e. The standard InChI is InChI=1S/C9H12O4/c1-3-11-9(10)7(2)13-8-5-4-6-12-8/h4-7H,3H2,1-2H3. The van der Waals surface area contributed by atoms with Crippen molar-refractivity contribution in [1.29, 1.82) is 0 Å². The highest BCUT2D eigenvalue weighted by molar-refractivity contribution is 5.74. The summed E-state index contributed by atoms with van der Waals surface area (Å²) in [5, 5.41) is 0. The van der Waals surface area contributed by atoms with E-state index in [9.17, 15) is 4.79 Å². The first-order valence-electron chi connectivity index (χ1n) is 4.11. The van der Waals surface area contributed by atoms with Crippen LogP contribution in [0.15, 0.2) is 22.8 Å². The van der Waals surface area contributed by atoms with Gasteiger partial charge in [-0.3, -0.25) is 0 Å². The molecule has 0 fully saturated rings. The molecule has 4 heteroatoms.